The molecule has 0 spiro atoms. The summed E-state index contributed by atoms with van der Waals surface area (Å²) in [5, 5.41) is 14.9. The summed E-state index contributed by atoms with van der Waals surface area (Å²) in [5.74, 6) is 8.46. The number of benzene rings is 1. The van der Waals surface area contributed by atoms with Crippen molar-refractivity contribution in [1.82, 2.24) is 20.0 Å². The number of rotatable bonds is 7. The van der Waals surface area contributed by atoms with Gasteiger partial charge in [0.2, 0.25) is 11.1 Å². The molecule has 1 aromatic carbocycles. The van der Waals surface area contributed by atoms with Crippen molar-refractivity contribution in [2.45, 2.75) is 12.1 Å². The summed E-state index contributed by atoms with van der Waals surface area (Å²) >= 11 is 1.15. The second-order valence-corrected chi connectivity index (χ2v) is 6.35. The lowest BCUT2D eigenvalue weighted by Crippen LogP contribution is -2.16. The molecule has 0 atom stereocenters. The lowest BCUT2D eigenvalue weighted by Gasteiger charge is -2.09. The minimum absolute atomic E-state index is 0.0905. The maximum absolute atomic E-state index is 12.0. The van der Waals surface area contributed by atoms with E-state index in [0.717, 1.165) is 11.8 Å². The predicted octanol–water partition coefficient (Wildman–Crippen LogP) is 1.70. The van der Waals surface area contributed by atoms with Gasteiger partial charge in [0, 0.05) is 11.6 Å². The SMILES string of the molecule is COc1ccc(-c2nnc(SCC(=O)Nc3cc(C)on3)n2N)cc1OC. The van der Waals surface area contributed by atoms with Crippen LogP contribution in [0.3, 0.4) is 0 Å². The predicted molar refractivity (Wildman–Crippen MR) is 99.3 cm³/mol. The third kappa shape index (κ3) is 4.14. The van der Waals surface area contributed by atoms with E-state index < -0.39 is 0 Å². The fourth-order valence-corrected chi connectivity index (χ4v) is 2.94. The Bertz CT molecular complexity index is 954. The molecule has 0 saturated heterocycles. The van der Waals surface area contributed by atoms with Gasteiger partial charge in [-0.2, -0.15) is 0 Å². The number of nitrogens with zero attached hydrogens (tertiary/aromatic N) is 4. The molecule has 2 aromatic heterocycles. The summed E-state index contributed by atoms with van der Waals surface area (Å²) in [6.45, 7) is 1.74. The monoisotopic (exact) mass is 390 g/mol. The van der Waals surface area contributed by atoms with Crippen molar-refractivity contribution in [1.29, 1.82) is 0 Å². The van der Waals surface area contributed by atoms with Gasteiger partial charge in [0.15, 0.2) is 23.1 Å². The molecule has 0 saturated carbocycles. The highest BCUT2D eigenvalue weighted by Crippen LogP contribution is 2.32. The van der Waals surface area contributed by atoms with Gasteiger partial charge in [0.05, 0.1) is 20.0 Å². The minimum atomic E-state index is -0.260. The molecule has 0 fully saturated rings. The first kappa shape index (κ1) is 18.6. The molecule has 0 radical (unpaired) electrons. The van der Waals surface area contributed by atoms with E-state index >= 15 is 0 Å². The lowest BCUT2D eigenvalue weighted by atomic mass is 10.2. The quantitative estimate of drug-likeness (QED) is 0.457. The Morgan fingerprint density at radius 2 is 2.04 bits per heavy atom. The number of carbonyl (C=O) groups excluding carboxylic acids is 1. The van der Waals surface area contributed by atoms with Crippen LogP contribution in [0.1, 0.15) is 5.76 Å². The molecule has 2 heterocycles. The molecular formula is C16H18N6O4S. The van der Waals surface area contributed by atoms with E-state index in [4.69, 9.17) is 19.8 Å². The zero-order chi connectivity index (χ0) is 19.4. The number of hydrogen-bond acceptors (Lipinski definition) is 9. The van der Waals surface area contributed by atoms with Crippen LogP contribution in [0.4, 0.5) is 5.82 Å². The average molecular weight is 390 g/mol. The maximum Gasteiger partial charge on any atom is 0.236 e. The van der Waals surface area contributed by atoms with Gasteiger partial charge in [0.1, 0.15) is 5.76 Å². The topological polar surface area (TPSA) is 130 Å². The van der Waals surface area contributed by atoms with Crippen molar-refractivity contribution >= 4 is 23.5 Å². The fraction of sp³-hybridized carbons (Fsp3) is 0.250. The summed E-state index contributed by atoms with van der Waals surface area (Å²) in [6, 6.07) is 6.93. The van der Waals surface area contributed by atoms with Crippen LogP contribution in [0.15, 0.2) is 33.9 Å². The number of thioether (sulfide) groups is 1. The molecular weight excluding hydrogens is 372 g/mol. The zero-order valence-corrected chi connectivity index (χ0v) is 15.7. The molecule has 0 aliphatic carbocycles. The van der Waals surface area contributed by atoms with E-state index in [2.05, 4.69) is 20.7 Å². The van der Waals surface area contributed by atoms with E-state index in [1.165, 1.54) is 4.68 Å². The summed E-state index contributed by atoms with van der Waals surface area (Å²) < 4.78 is 16.7. The number of nitrogens with one attached hydrogen (secondary N) is 1. The number of amides is 1. The molecule has 11 heteroatoms. The van der Waals surface area contributed by atoms with Gasteiger partial charge >= 0.3 is 0 Å². The van der Waals surface area contributed by atoms with E-state index in [-0.39, 0.29) is 11.7 Å². The average Bonchev–Trinajstić information content (AvgIpc) is 3.24. The van der Waals surface area contributed by atoms with Gasteiger partial charge in [0.25, 0.3) is 0 Å². The number of nitrogen functional groups attached to an aromatic ring is 1. The van der Waals surface area contributed by atoms with Crippen LogP contribution in [-0.4, -0.2) is 45.9 Å². The van der Waals surface area contributed by atoms with Crippen molar-refractivity contribution in [3.05, 3.63) is 30.0 Å². The van der Waals surface area contributed by atoms with Gasteiger partial charge in [-0.25, -0.2) is 4.68 Å². The second kappa shape index (κ2) is 7.99. The first-order valence-electron chi connectivity index (χ1n) is 7.80. The third-order valence-corrected chi connectivity index (χ3v) is 4.48. The number of ether oxygens (including phenoxy) is 2. The zero-order valence-electron chi connectivity index (χ0n) is 14.9. The Labute approximate surface area is 159 Å². The highest BCUT2D eigenvalue weighted by molar-refractivity contribution is 7.99. The van der Waals surface area contributed by atoms with Gasteiger partial charge in [-0.05, 0) is 25.1 Å². The highest BCUT2D eigenvalue weighted by atomic mass is 32.2. The summed E-state index contributed by atoms with van der Waals surface area (Å²) in [5.41, 5.74) is 0.706. The Hall–Kier alpha value is -3.21. The van der Waals surface area contributed by atoms with Gasteiger partial charge in [-0.15, -0.1) is 10.2 Å². The van der Waals surface area contributed by atoms with Crippen LogP contribution < -0.4 is 20.6 Å². The molecule has 27 heavy (non-hydrogen) atoms. The van der Waals surface area contributed by atoms with Crippen LogP contribution in [0.2, 0.25) is 0 Å². The van der Waals surface area contributed by atoms with Gasteiger partial charge < -0.3 is 25.2 Å². The Kier molecular flexibility index (Phi) is 5.50. The molecule has 3 rings (SSSR count). The van der Waals surface area contributed by atoms with Crippen LogP contribution in [0, 0.1) is 6.92 Å². The summed E-state index contributed by atoms with van der Waals surface area (Å²) in [6.07, 6.45) is 0. The van der Waals surface area contributed by atoms with Crippen molar-refractivity contribution < 1.29 is 18.8 Å². The Morgan fingerprint density at radius 1 is 1.26 bits per heavy atom. The van der Waals surface area contributed by atoms with E-state index in [1.807, 2.05) is 0 Å². The van der Waals surface area contributed by atoms with Gasteiger partial charge in [-0.3, -0.25) is 4.79 Å². The number of aromatic nitrogens is 4. The first-order chi connectivity index (χ1) is 13.0. The minimum Gasteiger partial charge on any atom is -0.493 e. The highest BCUT2D eigenvalue weighted by Gasteiger charge is 2.16. The standard InChI is InChI=1S/C16H18N6O4S/c1-9-6-13(21-26-9)18-14(23)8-27-16-20-19-15(22(16)17)10-4-5-11(24-2)12(7-10)25-3/h4-7H,8,17H2,1-3H3,(H,18,21,23). The van der Waals surface area contributed by atoms with E-state index in [0.29, 0.717) is 39.6 Å². The number of carbonyl (C=O) groups is 1. The van der Waals surface area contributed by atoms with Crippen molar-refractivity contribution in [3.8, 4) is 22.9 Å². The number of aryl methyl sites for hydroxylation is 1. The third-order valence-electron chi connectivity index (χ3n) is 3.53. The first-order valence-corrected chi connectivity index (χ1v) is 8.79. The lowest BCUT2D eigenvalue weighted by molar-refractivity contribution is -0.113. The largest absolute Gasteiger partial charge is 0.493 e. The van der Waals surface area contributed by atoms with Crippen LogP contribution in [-0.2, 0) is 4.79 Å². The fourth-order valence-electron chi connectivity index (χ4n) is 2.28. The Morgan fingerprint density at radius 3 is 2.70 bits per heavy atom. The molecule has 0 aliphatic heterocycles. The molecule has 3 aromatic rings. The van der Waals surface area contributed by atoms with Crippen LogP contribution in [0.5, 0.6) is 11.5 Å². The maximum atomic E-state index is 12.0. The van der Waals surface area contributed by atoms with E-state index in [1.54, 1.807) is 45.4 Å². The van der Waals surface area contributed by atoms with Crippen LogP contribution in [0.25, 0.3) is 11.4 Å². The molecule has 10 nitrogen and oxygen atoms in total. The molecule has 0 unspecified atom stereocenters. The Balaban J connectivity index is 1.69. The number of hydrogen-bond donors (Lipinski definition) is 2. The van der Waals surface area contributed by atoms with Crippen molar-refractivity contribution in [2.75, 3.05) is 31.1 Å². The second-order valence-electron chi connectivity index (χ2n) is 5.41. The molecule has 0 bridgehead atoms. The number of nitrogens with two attached hydrogens (primary N) is 1. The number of methoxy groups -OCH3 is 2. The van der Waals surface area contributed by atoms with E-state index in [9.17, 15) is 4.79 Å². The van der Waals surface area contributed by atoms with Crippen molar-refractivity contribution in [2.24, 2.45) is 0 Å². The smallest absolute Gasteiger partial charge is 0.236 e. The molecule has 3 N–H and O–H groups in total. The van der Waals surface area contributed by atoms with Crippen LogP contribution >= 0.6 is 11.8 Å². The molecule has 1 amide bonds. The van der Waals surface area contributed by atoms with Gasteiger partial charge in [-0.1, -0.05) is 16.9 Å². The number of anilines is 1. The summed E-state index contributed by atoms with van der Waals surface area (Å²) in [4.78, 5) is 12.0. The molecule has 142 valence electrons. The normalized spacial score (nSPS) is 10.6. The van der Waals surface area contributed by atoms with Crippen molar-refractivity contribution in [3.63, 3.8) is 0 Å². The summed E-state index contributed by atoms with van der Waals surface area (Å²) in [7, 11) is 3.11. The molecule has 0 aliphatic rings.